The average molecular weight is 377 g/mol. The Labute approximate surface area is 156 Å². The van der Waals surface area contributed by atoms with E-state index in [4.69, 9.17) is 4.74 Å². The van der Waals surface area contributed by atoms with Crippen LogP contribution in [0.3, 0.4) is 0 Å². The molecule has 0 amide bonds. The van der Waals surface area contributed by atoms with Gasteiger partial charge in [0.05, 0.1) is 12.6 Å². The predicted octanol–water partition coefficient (Wildman–Crippen LogP) is 1.98. The molecule has 26 heavy (non-hydrogen) atoms. The molecular weight excluding hydrogens is 352 g/mol. The van der Waals surface area contributed by atoms with Crippen LogP contribution in [0.4, 0.5) is 5.69 Å². The van der Waals surface area contributed by atoms with E-state index in [0.717, 1.165) is 42.6 Å². The van der Waals surface area contributed by atoms with Crippen LogP contribution in [0.5, 0.6) is 5.75 Å². The van der Waals surface area contributed by atoms with Gasteiger partial charge in [0.1, 0.15) is 5.75 Å². The highest BCUT2D eigenvalue weighted by molar-refractivity contribution is 7.76. The van der Waals surface area contributed by atoms with Gasteiger partial charge >= 0.3 is 0 Å². The Morgan fingerprint density at radius 2 is 2.15 bits per heavy atom. The highest BCUT2D eigenvalue weighted by Gasteiger charge is 2.24. The molecule has 142 valence electrons. The van der Waals surface area contributed by atoms with Crippen molar-refractivity contribution in [1.82, 2.24) is 15.2 Å². The van der Waals surface area contributed by atoms with Crippen molar-refractivity contribution in [2.75, 3.05) is 31.6 Å². The second kappa shape index (κ2) is 8.77. The number of hydrogen-bond donors (Lipinski definition) is 2. The van der Waals surface area contributed by atoms with Gasteiger partial charge in [-0.1, -0.05) is 6.92 Å². The van der Waals surface area contributed by atoms with Crippen molar-refractivity contribution in [3.05, 3.63) is 30.5 Å². The average Bonchev–Trinajstić information content (AvgIpc) is 2.67. The molecule has 0 saturated carbocycles. The topological polar surface area (TPSA) is 89.6 Å². The van der Waals surface area contributed by atoms with E-state index in [9.17, 15) is 8.76 Å². The third kappa shape index (κ3) is 4.50. The lowest BCUT2D eigenvalue weighted by Crippen LogP contribution is -2.41. The number of anilines is 1. The van der Waals surface area contributed by atoms with Gasteiger partial charge in [-0.25, -0.2) is 5.43 Å². The molecule has 7 nitrogen and oxygen atoms in total. The maximum atomic E-state index is 10.5. The van der Waals surface area contributed by atoms with E-state index in [0.29, 0.717) is 18.4 Å². The molecular formula is C18H25N4O3S-. The molecule has 1 fully saturated rings. The quantitative estimate of drug-likeness (QED) is 0.567. The van der Waals surface area contributed by atoms with Crippen LogP contribution < -0.4 is 19.9 Å². The molecule has 2 N–H and O–H groups in total. The first-order valence-electron chi connectivity index (χ1n) is 8.84. The fourth-order valence-corrected chi connectivity index (χ4v) is 3.85. The van der Waals surface area contributed by atoms with E-state index in [2.05, 4.69) is 33.1 Å². The number of aromatic nitrogens is 1. The molecule has 1 aromatic carbocycles. The molecule has 0 aliphatic carbocycles. The lowest BCUT2D eigenvalue weighted by Gasteiger charge is -2.36. The SMILES string of the molecule is COc1ccc2nccc(N3CCC(C(C)CNNS(=O)[O-])CC3)c2c1. The van der Waals surface area contributed by atoms with E-state index < -0.39 is 11.3 Å². The first-order chi connectivity index (χ1) is 12.6. The molecule has 2 unspecified atom stereocenters. The van der Waals surface area contributed by atoms with E-state index in [-0.39, 0.29) is 0 Å². The monoisotopic (exact) mass is 377 g/mol. The van der Waals surface area contributed by atoms with Crippen molar-refractivity contribution < 1.29 is 13.5 Å². The van der Waals surface area contributed by atoms with Gasteiger partial charge in [-0.3, -0.25) is 9.19 Å². The van der Waals surface area contributed by atoms with Crippen LogP contribution in [-0.4, -0.2) is 40.5 Å². The van der Waals surface area contributed by atoms with Gasteiger partial charge in [0.15, 0.2) is 0 Å². The van der Waals surface area contributed by atoms with E-state index in [1.54, 1.807) is 7.11 Å². The maximum absolute atomic E-state index is 10.5. The minimum absolute atomic E-state index is 0.405. The molecule has 1 aliphatic rings. The van der Waals surface area contributed by atoms with Crippen LogP contribution >= 0.6 is 0 Å². The minimum Gasteiger partial charge on any atom is -0.759 e. The summed E-state index contributed by atoms with van der Waals surface area (Å²) in [5.41, 5.74) is 4.93. The lowest BCUT2D eigenvalue weighted by molar-refractivity contribution is 0.281. The molecule has 2 atom stereocenters. The standard InChI is InChI=1S/C18H26N4O3S/c1-13(12-20-21-26(23)24)14-6-9-22(10-7-14)18-5-8-19-17-4-3-15(25-2)11-16(17)18/h3-5,8,11,13-14,20-21H,6-7,9-10,12H2,1-2H3,(H,23,24)/p-1. The first kappa shape index (κ1) is 19.0. The summed E-state index contributed by atoms with van der Waals surface area (Å²) in [6, 6.07) is 8.04. The van der Waals surface area contributed by atoms with Gasteiger partial charge in [-0.2, -0.15) is 4.83 Å². The summed E-state index contributed by atoms with van der Waals surface area (Å²) in [5, 5.41) is 1.11. The zero-order valence-electron chi connectivity index (χ0n) is 15.1. The Morgan fingerprint density at radius 1 is 1.38 bits per heavy atom. The van der Waals surface area contributed by atoms with Gasteiger partial charge in [0.25, 0.3) is 0 Å². The van der Waals surface area contributed by atoms with E-state index in [1.165, 1.54) is 5.69 Å². The number of ether oxygens (including phenoxy) is 1. The highest BCUT2D eigenvalue weighted by atomic mass is 32.2. The van der Waals surface area contributed by atoms with Crippen LogP contribution in [0.25, 0.3) is 10.9 Å². The van der Waals surface area contributed by atoms with Crippen molar-refractivity contribution in [2.24, 2.45) is 11.8 Å². The van der Waals surface area contributed by atoms with Crippen molar-refractivity contribution in [3.8, 4) is 5.75 Å². The van der Waals surface area contributed by atoms with Crippen LogP contribution in [0.1, 0.15) is 19.8 Å². The number of pyridine rings is 1. The largest absolute Gasteiger partial charge is 0.759 e. The van der Waals surface area contributed by atoms with Crippen molar-refractivity contribution in [2.45, 2.75) is 19.8 Å². The number of nitrogens with one attached hydrogen (secondary N) is 2. The van der Waals surface area contributed by atoms with Crippen LogP contribution in [0, 0.1) is 11.8 Å². The third-order valence-electron chi connectivity index (χ3n) is 5.19. The molecule has 2 heterocycles. The maximum Gasteiger partial charge on any atom is 0.119 e. The molecule has 1 saturated heterocycles. The summed E-state index contributed by atoms with van der Waals surface area (Å²) < 4.78 is 26.4. The van der Waals surface area contributed by atoms with Crippen molar-refractivity contribution >= 4 is 27.9 Å². The van der Waals surface area contributed by atoms with Gasteiger partial charge in [0.2, 0.25) is 0 Å². The third-order valence-corrected chi connectivity index (χ3v) is 5.50. The van der Waals surface area contributed by atoms with Crippen LogP contribution in [-0.2, 0) is 11.3 Å². The molecule has 0 spiro atoms. The summed E-state index contributed by atoms with van der Waals surface area (Å²) in [4.78, 5) is 9.08. The zero-order valence-corrected chi connectivity index (χ0v) is 15.9. The van der Waals surface area contributed by atoms with Gasteiger partial charge in [0, 0.05) is 48.2 Å². The summed E-state index contributed by atoms with van der Waals surface area (Å²) in [5.74, 6) is 1.82. The Bertz CT molecular complexity index is 765. The summed E-state index contributed by atoms with van der Waals surface area (Å²) >= 11 is -2.27. The number of methoxy groups -OCH3 is 1. The number of nitrogens with zero attached hydrogens (tertiary/aromatic N) is 2. The second-order valence-electron chi connectivity index (χ2n) is 6.73. The number of benzene rings is 1. The Morgan fingerprint density at radius 3 is 2.85 bits per heavy atom. The molecule has 8 heteroatoms. The molecule has 2 aromatic rings. The summed E-state index contributed by atoms with van der Waals surface area (Å²) in [6.45, 7) is 4.75. The fraction of sp³-hybridized carbons (Fsp3) is 0.500. The summed E-state index contributed by atoms with van der Waals surface area (Å²) in [6.07, 6.45) is 4.02. The number of fused-ring (bicyclic) bond motifs is 1. The molecule has 0 bridgehead atoms. The molecule has 1 aliphatic heterocycles. The normalized spacial score (nSPS) is 18.0. The van der Waals surface area contributed by atoms with Gasteiger partial charge in [-0.15, -0.1) is 0 Å². The predicted molar refractivity (Wildman–Crippen MR) is 102 cm³/mol. The van der Waals surface area contributed by atoms with E-state index in [1.807, 2.05) is 24.4 Å². The smallest absolute Gasteiger partial charge is 0.119 e. The Balaban J connectivity index is 1.65. The van der Waals surface area contributed by atoms with Crippen LogP contribution in [0.2, 0.25) is 0 Å². The number of piperidine rings is 1. The second-order valence-corrected chi connectivity index (χ2v) is 7.41. The fourth-order valence-electron chi connectivity index (χ4n) is 3.65. The minimum atomic E-state index is -2.27. The summed E-state index contributed by atoms with van der Waals surface area (Å²) in [7, 11) is 1.68. The molecule has 0 radical (unpaired) electrons. The van der Waals surface area contributed by atoms with E-state index >= 15 is 0 Å². The molecule has 1 aromatic heterocycles. The zero-order chi connectivity index (χ0) is 18.5. The number of rotatable bonds is 7. The number of hydrogen-bond acceptors (Lipinski definition) is 6. The van der Waals surface area contributed by atoms with Gasteiger partial charge in [-0.05, 0) is 48.9 Å². The highest BCUT2D eigenvalue weighted by Crippen LogP contribution is 2.33. The van der Waals surface area contributed by atoms with Gasteiger partial charge < -0.3 is 14.2 Å². The van der Waals surface area contributed by atoms with Crippen LogP contribution in [0.15, 0.2) is 30.5 Å². The van der Waals surface area contributed by atoms with Crippen molar-refractivity contribution in [3.63, 3.8) is 0 Å². The Kier molecular flexibility index (Phi) is 6.42. The molecule has 3 rings (SSSR count). The number of hydrazine groups is 1. The van der Waals surface area contributed by atoms with Crippen molar-refractivity contribution in [1.29, 1.82) is 0 Å². The Hall–Kier alpha value is -1.74. The first-order valence-corrected chi connectivity index (χ1v) is 9.91. The lowest BCUT2D eigenvalue weighted by atomic mass is 9.85.